The molecule has 1 aromatic carbocycles. The number of rotatable bonds is 3. The molecule has 3 rings (SSSR count). The number of halogens is 2. The molecule has 0 aliphatic carbocycles. The lowest BCUT2D eigenvalue weighted by Crippen LogP contribution is -1.87. The number of hydrogen-bond acceptors (Lipinski definition) is 2. The van der Waals surface area contributed by atoms with Crippen molar-refractivity contribution in [1.82, 2.24) is 4.98 Å². The van der Waals surface area contributed by atoms with Gasteiger partial charge in [-0.1, -0.05) is 43.1 Å². The van der Waals surface area contributed by atoms with Gasteiger partial charge in [-0.2, -0.15) is 4.39 Å². The minimum atomic E-state index is -0.456. The maximum absolute atomic E-state index is 12.9. The summed E-state index contributed by atoms with van der Waals surface area (Å²) in [4.78, 5) is 6.00. The van der Waals surface area contributed by atoms with E-state index in [1.165, 1.54) is 16.5 Å². The molecule has 3 aromatic rings. The molecule has 1 nitrogen and oxygen atoms in total. The zero-order valence-corrected chi connectivity index (χ0v) is 15.0. The van der Waals surface area contributed by atoms with Gasteiger partial charge in [-0.15, -0.1) is 11.3 Å². The molecule has 0 saturated carbocycles. The van der Waals surface area contributed by atoms with Crippen LogP contribution >= 0.6 is 22.9 Å². The highest BCUT2D eigenvalue weighted by Crippen LogP contribution is 2.30. The molecule has 0 N–H and O–H groups in total. The van der Waals surface area contributed by atoms with Crippen LogP contribution in [-0.2, 0) is 6.42 Å². The van der Waals surface area contributed by atoms with Gasteiger partial charge < -0.3 is 0 Å². The molecule has 0 spiro atoms. The average molecular weight is 348 g/mol. The molecule has 0 aliphatic rings. The van der Waals surface area contributed by atoms with Crippen LogP contribution in [-0.4, -0.2) is 4.98 Å². The van der Waals surface area contributed by atoms with Crippen LogP contribution in [0, 0.1) is 12.9 Å². The summed E-state index contributed by atoms with van der Waals surface area (Å²) >= 11 is 7.92. The fourth-order valence-corrected chi connectivity index (χ4v) is 3.38. The smallest absolute Gasteiger partial charge is 0.212 e. The molecule has 0 amide bonds. The van der Waals surface area contributed by atoms with Crippen molar-refractivity contribution in [2.75, 3.05) is 0 Å². The van der Waals surface area contributed by atoms with Gasteiger partial charge in [0, 0.05) is 33.0 Å². The molecule has 4 heteroatoms. The normalized spacial score (nSPS) is 10.1. The molecular formula is C19H19ClFNS. The molecule has 0 aliphatic heterocycles. The summed E-state index contributed by atoms with van der Waals surface area (Å²) in [7, 11) is 0. The highest BCUT2D eigenvalue weighted by atomic mass is 35.5. The van der Waals surface area contributed by atoms with Gasteiger partial charge >= 0.3 is 0 Å². The lowest BCUT2D eigenvalue weighted by molar-refractivity contribution is 0.584. The van der Waals surface area contributed by atoms with Crippen LogP contribution in [0.1, 0.15) is 29.9 Å². The van der Waals surface area contributed by atoms with Gasteiger partial charge in [0.25, 0.3) is 0 Å². The minimum absolute atomic E-state index is 0.456. The van der Waals surface area contributed by atoms with E-state index in [-0.39, 0.29) is 0 Å². The maximum Gasteiger partial charge on any atom is 0.212 e. The quantitative estimate of drug-likeness (QED) is 0.491. The second kappa shape index (κ2) is 8.23. The molecule has 0 fully saturated rings. The topological polar surface area (TPSA) is 12.9 Å². The molecule has 2 heterocycles. The van der Waals surface area contributed by atoms with E-state index in [9.17, 15) is 4.39 Å². The highest BCUT2D eigenvalue weighted by Gasteiger charge is 2.07. The third-order valence-electron chi connectivity index (χ3n) is 3.24. The molecule has 0 bridgehead atoms. The zero-order valence-electron chi connectivity index (χ0n) is 13.4. The van der Waals surface area contributed by atoms with E-state index in [4.69, 9.17) is 11.6 Å². The highest BCUT2D eigenvalue weighted by molar-refractivity contribution is 7.15. The fourth-order valence-electron chi connectivity index (χ4n) is 2.18. The molecule has 0 saturated heterocycles. The van der Waals surface area contributed by atoms with E-state index in [2.05, 4.69) is 24.0 Å². The van der Waals surface area contributed by atoms with Crippen molar-refractivity contribution in [3.8, 4) is 10.4 Å². The molecule has 0 atom stereocenters. The average Bonchev–Trinajstić information content (AvgIpc) is 3.02. The zero-order chi connectivity index (χ0) is 16.8. The third kappa shape index (κ3) is 4.63. The van der Waals surface area contributed by atoms with Crippen molar-refractivity contribution in [2.24, 2.45) is 0 Å². The Morgan fingerprint density at radius 2 is 1.87 bits per heavy atom. The monoisotopic (exact) mass is 347 g/mol. The Kier molecular flexibility index (Phi) is 6.31. The van der Waals surface area contributed by atoms with Gasteiger partial charge in [0.2, 0.25) is 5.95 Å². The van der Waals surface area contributed by atoms with Crippen LogP contribution in [0.4, 0.5) is 4.39 Å². The van der Waals surface area contributed by atoms with Crippen molar-refractivity contribution < 1.29 is 4.39 Å². The van der Waals surface area contributed by atoms with Crippen LogP contribution in [0.3, 0.4) is 0 Å². The number of aryl methyl sites for hydroxylation is 1. The predicted molar refractivity (Wildman–Crippen MR) is 97.9 cm³/mol. The first-order valence-corrected chi connectivity index (χ1v) is 8.77. The van der Waals surface area contributed by atoms with Gasteiger partial charge in [-0.3, -0.25) is 0 Å². The number of nitrogens with zero attached hydrogens (tertiary/aromatic N) is 1. The summed E-state index contributed by atoms with van der Waals surface area (Å²) in [6, 6.07) is 13.3. The Bertz CT molecular complexity index is 765. The summed E-state index contributed by atoms with van der Waals surface area (Å²) in [6.45, 7) is 6.06. The van der Waals surface area contributed by atoms with E-state index in [0.717, 1.165) is 27.4 Å². The van der Waals surface area contributed by atoms with Gasteiger partial charge in [0.1, 0.15) is 0 Å². The first-order chi connectivity index (χ1) is 11.1. The minimum Gasteiger partial charge on any atom is -0.228 e. The van der Waals surface area contributed by atoms with Crippen molar-refractivity contribution in [1.29, 1.82) is 0 Å². The molecule has 23 heavy (non-hydrogen) atoms. The van der Waals surface area contributed by atoms with E-state index < -0.39 is 5.95 Å². The van der Waals surface area contributed by atoms with Crippen LogP contribution in [0.15, 0.2) is 48.7 Å². The summed E-state index contributed by atoms with van der Waals surface area (Å²) in [5.74, 6) is -0.456. The number of pyridine rings is 1. The molecule has 120 valence electrons. The van der Waals surface area contributed by atoms with Crippen LogP contribution in [0.25, 0.3) is 10.4 Å². The first-order valence-electron chi connectivity index (χ1n) is 7.57. The van der Waals surface area contributed by atoms with E-state index in [1.54, 1.807) is 23.6 Å². The lowest BCUT2D eigenvalue weighted by atomic mass is 10.1. The van der Waals surface area contributed by atoms with E-state index >= 15 is 0 Å². The van der Waals surface area contributed by atoms with Crippen LogP contribution in [0.5, 0.6) is 0 Å². The van der Waals surface area contributed by atoms with Crippen molar-refractivity contribution >= 4 is 22.9 Å². The molecule has 0 unspecified atom stereocenters. The summed E-state index contributed by atoms with van der Waals surface area (Å²) < 4.78 is 12.9. The SMILES string of the molecule is CC.Cc1ccc(Cl)c(Cc2ccc(-c3ccc(F)nc3)s2)c1. The Morgan fingerprint density at radius 3 is 2.57 bits per heavy atom. The second-order valence-corrected chi connectivity index (χ2v) is 6.48. The van der Waals surface area contributed by atoms with E-state index in [1.807, 2.05) is 32.0 Å². The molecule has 0 radical (unpaired) electrons. The van der Waals surface area contributed by atoms with Crippen LogP contribution in [0.2, 0.25) is 5.02 Å². The van der Waals surface area contributed by atoms with E-state index in [0.29, 0.717) is 0 Å². The van der Waals surface area contributed by atoms with Gasteiger partial charge in [0.05, 0.1) is 0 Å². The maximum atomic E-state index is 12.9. The number of aromatic nitrogens is 1. The number of benzene rings is 1. The predicted octanol–water partition coefficient (Wildman–Crippen LogP) is 6.53. The van der Waals surface area contributed by atoms with Gasteiger partial charge in [-0.05, 0) is 42.8 Å². The van der Waals surface area contributed by atoms with Crippen molar-refractivity contribution in [3.63, 3.8) is 0 Å². The summed E-state index contributed by atoms with van der Waals surface area (Å²) in [6.07, 6.45) is 2.37. The third-order valence-corrected chi connectivity index (χ3v) is 4.74. The second-order valence-electron chi connectivity index (χ2n) is 4.91. The number of thiophene rings is 1. The molecule has 2 aromatic heterocycles. The lowest BCUT2D eigenvalue weighted by Gasteiger charge is -2.04. The Balaban J connectivity index is 0.000000924. The Labute approximate surface area is 145 Å². The van der Waals surface area contributed by atoms with Crippen molar-refractivity contribution in [2.45, 2.75) is 27.2 Å². The van der Waals surface area contributed by atoms with Crippen LogP contribution < -0.4 is 0 Å². The summed E-state index contributed by atoms with van der Waals surface area (Å²) in [5, 5.41) is 0.791. The van der Waals surface area contributed by atoms with Gasteiger partial charge in [-0.25, -0.2) is 4.98 Å². The van der Waals surface area contributed by atoms with Crippen molar-refractivity contribution in [3.05, 3.63) is 75.6 Å². The number of hydrogen-bond donors (Lipinski definition) is 0. The summed E-state index contributed by atoms with van der Waals surface area (Å²) in [5.41, 5.74) is 3.26. The fraction of sp³-hybridized carbons (Fsp3) is 0.211. The standard InChI is InChI=1S/C17H13ClFNS.C2H6/c1-11-2-5-15(18)13(8-11)9-14-4-6-16(21-14)12-3-7-17(19)20-10-12;1-2/h2-8,10H,9H2,1H3;1-2H3. The Hall–Kier alpha value is -1.71. The Morgan fingerprint density at radius 1 is 1.09 bits per heavy atom. The first kappa shape index (κ1) is 17.6. The van der Waals surface area contributed by atoms with Gasteiger partial charge in [0.15, 0.2) is 0 Å². The largest absolute Gasteiger partial charge is 0.228 e. The molecular weight excluding hydrogens is 329 g/mol.